The number of aromatic amines is 1. The van der Waals surface area contributed by atoms with Crippen LogP contribution in [0.4, 0.5) is 5.95 Å². The van der Waals surface area contributed by atoms with Crippen LogP contribution in [-0.2, 0) is 17.8 Å². The van der Waals surface area contributed by atoms with Crippen LogP contribution in [0, 0.1) is 0 Å². The molecule has 0 aliphatic carbocycles. The molecule has 2 aromatic heterocycles. The van der Waals surface area contributed by atoms with E-state index in [2.05, 4.69) is 20.5 Å². The molecule has 0 aromatic carbocycles. The highest BCUT2D eigenvalue weighted by atomic mass is 16.5. The van der Waals surface area contributed by atoms with Crippen molar-refractivity contribution in [1.82, 2.24) is 19.7 Å². The molecule has 6 heteroatoms. The summed E-state index contributed by atoms with van der Waals surface area (Å²) in [6.45, 7) is 2.18. The first-order valence-electron chi connectivity index (χ1n) is 5.12. The summed E-state index contributed by atoms with van der Waals surface area (Å²) in [6, 6.07) is 0. The third kappa shape index (κ3) is 2.60. The van der Waals surface area contributed by atoms with Crippen LogP contribution in [0.25, 0.3) is 0 Å². The molecule has 2 rings (SSSR count). The summed E-state index contributed by atoms with van der Waals surface area (Å²) < 4.78 is 7.05. The second-order valence-electron chi connectivity index (χ2n) is 3.40. The van der Waals surface area contributed by atoms with Crippen molar-refractivity contribution in [2.75, 3.05) is 19.0 Å². The summed E-state index contributed by atoms with van der Waals surface area (Å²) in [5.74, 6) is 0.846. The fourth-order valence-electron chi connectivity index (χ4n) is 1.40. The molecule has 0 radical (unpaired) electrons. The number of nitrogens with zero attached hydrogens (tertiary/aromatic N) is 3. The van der Waals surface area contributed by atoms with E-state index in [0.29, 0.717) is 13.2 Å². The van der Waals surface area contributed by atoms with E-state index < -0.39 is 0 Å². The van der Waals surface area contributed by atoms with Crippen LogP contribution in [0.3, 0.4) is 0 Å². The fraction of sp³-hybridized carbons (Fsp3) is 0.400. The Labute approximate surface area is 93.6 Å². The number of aromatic nitrogens is 4. The molecule has 0 atom stereocenters. The van der Waals surface area contributed by atoms with Crippen LogP contribution in [0.15, 0.2) is 24.8 Å². The van der Waals surface area contributed by atoms with Gasteiger partial charge in [-0.15, -0.1) is 0 Å². The molecular weight excluding hydrogens is 206 g/mol. The third-order valence-electron chi connectivity index (χ3n) is 2.26. The van der Waals surface area contributed by atoms with Crippen LogP contribution in [-0.4, -0.2) is 33.5 Å². The molecular formula is C10H15N5O. The fourth-order valence-corrected chi connectivity index (χ4v) is 1.40. The van der Waals surface area contributed by atoms with Gasteiger partial charge in [-0.25, -0.2) is 4.98 Å². The summed E-state index contributed by atoms with van der Waals surface area (Å²) in [5.41, 5.74) is 1.10. The lowest BCUT2D eigenvalue weighted by Crippen LogP contribution is -2.09. The number of rotatable bonds is 6. The van der Waals surface area contributed by atoms with Crippen LogP contribution in [0.5, 0.6) is 0 Å². The van der Waals surface area contributed by atoms with Gasteiger partial charge in [-0.3, -0.25) is 5.10 Å². The predicted molar refractivity (Wildman–Crippen MR) is 60.0 cm³/mol. The van der Waals surface area contributed by atoms with Crippen molar-refractivity contribution in [3.05, 3.63) is 30.4 Å². The Morgan fingerprint density at radius 1 is 1.56 bits per heavy atom. The van der Waals surface area contributed by atoms with Crippen molar-refractivity contribution in [1.29, 1.82) is 0 Å². The number of anilines is 1. The van der Waals surface area contributed by atoms with Crippen molar-refractivity contribution in [2.24, 2.45) is 0 Å². The van der Waals surface area contributed by atoms with E-state index in [9.17, 15) is 0 Å². The topological polar surface area (TPSA) is 67.8 Å². The molecule has 0 amide bonds. The second-order valence-corrected chi connectivity index (χ2v) is 3.40. The Morgan fingerprint density at radius 2 is 2.50 bits per heavy atom. The zero-order chi connectivity index (χ0) is 11.2. The van der Waals surface area contributed by atoms with E-state index >= 15 is 0 Å². The van der Waals surface area contributed by atoms with Gasteiger partial charge >= 0.3 is 0 Å². The van der Waals surface area contributed by atoms with E-state index in [-0.39, 0.29) is 0 Å². The van der Waals surface area contributed by atoms with Gasteiger partial charge in [0.05, 0.1) is 12.8 Å². The van der Waals surface area contributed by atoms with Crippen molar-refractivity contribution < 1.29 is 4.74 Å². The van der Waals surface area contributed by atoms with Gasteiger partial charge in [0.15, 0.2) is 0 Å². The molecule has 0 fully saturated rings. The van der Waals surface area contributed by atoms with Gasteiger partial charge in [0.2, 0.25) is 5.95 Å². The molecule has 0 unspecified atom stereocenters. The summed E-state index contributed by atoms with van der Waals surface area (Å²) in [5, 5.41) is 9.89. The van der Waals surface area contributed by atoms with E-state index in [1.165, 1.54) is 0 Å². The number of imidazole rings is 1. The van der Waals surface area contributed by atoms with E-state index in [0.717, 1.165) is 18.1 Å². The summed E-state index contributed by atoms with van der Waals surface area (Å²) in [7, 11) is 1.69. The molecule has 2 heterocycles. The monoisotopic (exact) mass is 221 g/mol. The Kier molecular flexibility index (Phi) is 3.55. The highest BCUT2D eigenvalue weighted by Crippen LogP contribution is 2.06. The van der Waals surface area contributed by atoms with Crippen LogP contribution < -0.4 is 5.32 Å². The molecule has 0 spiro atoms. The number of methoxy groups -OCH3 is 1. The maximum atomic E-state index is 5.03. The first-order valence-corrected chi connectivity index (χ1v) is 5.12. The molecule has 6 nitrogen and oxygen atoms in total. The average molecular weight is 221 g/mol. The molecule has 2 aromatic rings. The van der Waals surface area contributed by atoms with Gasteiger partial charge < -0.3 is 14.6 Å². The van der Waals surface area contributed by atoms with Gasteiger partial charge in [0.1, 0.15) is 0 Å². The lowest BCUT2D eigenvalue weighted by atomic mass is 10.4. The first-order chi connectivity index (χ1) is 7.90. The largest absolute Gasteiger partial charge is 0.383 e. The van der Waals surface area contributed by atoms with E-state index in [1.54, 1.807) is 19.5 Å². The first kappa shape index (κ1) is 10.7. The minimum absolute atomic E-state index is 0.677. The van der Waals surface area contributed by atoms with Gasteiger partial charge in [-0.2, -0.15) is 5.10 Å². The summed E-state index contributed by atoms with van der Waals surface area (Å²) in [4.78, 5) is 4.23. The second kappa shape index (κ2) is 5.32. The minimum atomic E-state index is 0.677. The smallest absolute Gasteiger partial charge is 0.203 e. The Morgan fingerprint density at radius 3 is 3.25 bits per heavy atom. The third-order valence-corrected chi connectivity index (χ3v) is 2.26. The van der Waals surface area contributed by atoms with Gasteiger partial charge in [-0.05, 0) is 0 Å². The van der Waals surface area contributed by atoms with Crippen LogP contribution in [0.2, 0.25) is 0 Å². The minimum Gasteiger partial charge on any atom is -0.383 e. The molecule has 16 heavy (non-hydrogen) atoms. The predicted octanol–water partition coefficient (Wildman–Crippen LogP) is 0.865. The Bertz CT molecular complexity index is 409. The molecule has 86 valence electrons. The number of H-pyrrole nitrogens is 1. The van der Waals surface area contributed by atoms with Gasteiger partial charge in [0.25, 0.3) is 0 Å². The molecule has 0 aliphatic rings. The SMILES string of the molecule is COCCn1ccnc1NCc1cn[nH]c1. The van der Waals surface area contributed by atoms with Crippen LogP contribution in [0.1, 0.15) is 5.56 Å². The van der Waals surface area contributed by atoms with Crippen molar-refractivity contribution in [2.45, 2.75) is 13.1 Å². The molecule has 0 saturated carbocycles. The highest BCUT2D eigenvalue weighted by Gasteiger charge is 2.02. The Hall–Kier alpha value is -1.82. The quantitative estimate of drug-likeness (QED) is 0.759. The maximum absolute atomic E-state index is 5.03. The van der Waals surface area contributed by atoms with Crippen LogP contribution >= 0.6 is 0 Å². The van der Waals surface area contributed by atoms with E-state index in [4.69, 9.17) is 4.74 Å². The standard InChI is InChI=1S/C10H15N5O/c1-16-5-4-15-3-2-11-10(15)12-6-9-7-13-14-8-9/h2-3,7-8H,4-6H2,1H3,(H,11,12)(H,13,14). The van der Waals surface area contributed by atoms with Gasteiger partial charge in [0, 0.05) is 44.4 Å². The number of ether oxygens (including phenoxy) is 1. The molecule has 0 bridgehead atoms. The summed E-state index contributed by atoms with van der Waals surface area (Å²) >= 11 is 0. The van der Waals surface area contributed by atoms with Gasteiger partial charge in [-0.1, -0.05) is 0 Å². The summed E-state index contributed by atoms with van der Waals surface area (Å²) in [6.07, 6.45) is 7.34. The molecule has 0 saturated heterocycles. The maximum Gasteiger partial charge on any atom is 0.203 e. The highest BCUT2D eigenvalue weighted by molar-refractivity contribution is 5.27. The van der Waals surface area contributed by atoms with Crippen molar-refractivity contribution in [3.8, 4) is 0 Å². The van der Waals surface area contributed by atoms with Crippen molar-refractivity contribution in [3.63, 3.8) is 0 Å². The molecule has 2 N–H and O–H groups in total. The average Bonchev–Trinajstić information content (AvgIpc) is 2.94. The number of hydrogen-bond acceptors (Lipinski definition) is 4. The number of hydrogen-bond donors (Lipinski definition) is 2. The lowest BCUT2D eigenvalue weighted by Gasteiger charge is -2.08. The Balaban J connectivity index is 1.91. The number of nitrogens with one attached hydrogen (secondary N) is 2. The zero-order valence-corrected chi connectivity index (χ0v) is 9.18. The normalized spacial score (nSPS) is 10.6. The van der Waals surface area contributed by atoms with E-state index in [1.807, 2.05) is 17.0 Å². The van der Waals surface area contributed by atoms with Crippen molar-refractivity contribution >= 4 is 5.95 Å². The molecule has 0 aliphatic heterocycles. The zero-order valence-electron chi connectivity index (χ0n) is 9.18. The lowest BCUT2D eigenvalue weighted by molar-refractivity contribution is 0.187.